The van der Waals surface area contributed by atoms with Crippen molar-refractivity contribution in [3.63, 3.8) is 0 Å². The number of ether oxygens (including phenoxy) is 1. The molecule has 2 N–H and O–H groups in total. The zero-order valence-corrected chi connectivity index (χ0v) is 19.6. The summed E-state index contributed by atoms with van der Waals surface area (Å²) in [7, 11) is 0. The topological polar surface area (TPSA) is 52.3 Å². The first-order valence-corrected chi connectivity index (χ1v) is 11.5. The molecule has 3 heteroatoms. The van der Waals surface area contributed by atoms with Crippen molar-refractivity contribution in [1.82, 2.24) is 0 Å². The molecule has 0 amide bonds. The number of carbonyl (C=O) groups is 1. The monoisotopic (exact) mass is 429 g/mol. The van der Waals surface area contributed by atoms with Crippen molar-refractivity contribution in [1.29, 1.82) is 0 Å². The van der Waals surface area contributed by atoms with E-state index in [2.05, 4.69) is 64.1 Å². The molecule has 0 aliphatic heterocycles. The third-order valence-electron chi connectivity index (χ3n) is 6.64. The predicted octanol–water partition coefficient (Wildman–Crippen LogP) is 6.58. The number of carbonyl (C=O) groups excluding carboxylic acids is 1. The molecule has 0 aromatic heterocycles. The Morgan fingerprint density at radius 3 is 1.97 bits per heavy atom. The minimum Gasteiger partial charge on any atom is -0.457 e. The molecule has 3 aromatic rings. The number of hydrogen-bond acceptors (Lipinski definition) is 3. The Hall–Kier alpha value is -2.91. The molecule has 3 rings (SSSR count). The maximum Gasteiger partial charge on any atom is 0.338 e. The van der Waals surface area contributed by atoms with Crippen LogP contribution in [0.25, 0.3) is 0 Å². The molecule has 3 nitrogen and oxygen atoms in total. The van der Waals surface area contributed by atoms with Gasteiger partial charge in [0.15, 0.2) is 0 Å². The fourth-order valence-corrected chi connectivity index (χ4v) is 4.31. The first-order chi connectivity index (χ1) is 15.3. The predicted molar refractivity (Wildman–Crippen MR) is 131 cm³/mol. The minimum absolute atomic E-state index is 0.163. The van der Waals surface area contributed by atoms with E-state index in [-0.39, 0.29) is 24.0 Å². The summed E-state index contributed by atoms with van der Waals surface area (Å²) in [6.45, 7) is 9.08. The Morgan fingerprint density at radius 1 is 0.812 bits per heavy atom. The van der Waals surface area contributed by atoms with Crippen molar-refractivity contribution in [2.45, 2.75) is 52.2 Å². The molecule has 0 heterocycles. The molecule has 32 heavy (non-hydrogen) atoms. The van der Waals surface area contributed by atoms with E-state index in [9.17, 15) is 4.79 Å². The molecule has 1 unspecified atom stereocenters. The summed E-state index contributed by atoms with van der Waals surface area (Å²) in [4.78, 5) is 12.4. The van der Waals surface area contributed by atoms with Gasteiger partial charge in [0.1, 0.15) is 6.61 Å². The third kappa shape index (κ3) is 5.66. The average molecular weight is 430 g/mol. The summed E-state index contributed by atoms with van der Waals surface area (Å²) in [6.07, 6.45) is 0.847. The summed E-state index contributed by atoms with van der Waals surface area (Å²) in [5.41, 5.74) is 10.7. The Morgan fingerprint density at radius 2 is 1.38 bits per heavy atom. The number of rotatable bonds is 9. The van der Waals surface area contributed by atoms with Crippen molar-refractivity contribution in [2.75, 3.05) is 0 Å². The van der Waals surface area contributed by atoms with E-state index in [1.807, 2.05) is 36.4 Å². The Kier molecular flexibility index (Phi) is 7.87. The van der Waals surface area contributed by atoms with E-state index < -0.39 is 0 Å². The second kappa shape index (κ2) is 10.6. The molecule has 0 fully saturated rings. The molecule has 168 valence electrons. The molecular weight excluding hydrogens is 394 g/mol. The normalized spacial score (nSPS) is 12.7. The number of benzene rings is 3. The Balaban J connectivity index is 1.86. The highest BCUT2D eigenvalue weighted by Gasteiger charge is 2.36. The number of hydrogen-bond donors (Lipinski definition) is 1. The second-order valence-electron chi connectivity index (χ2n) is 9.28. The van der Waals surface area contributed by atoms with Crippen LogP contribution in [0.1, 0.15) is 67.1 Å². The smallest absolute Gasteiger partial charge is 0.338 e. The molecule has 0 saturated heterocycles. The lowest BCUT2D eigenvalue weighted by Crippen LogP contribution is -2.51. The van der Waals surface area contributed by atoms with E-state index in [4.69, 9.17) is 10.5 Å². The Labute approximate surface area is 192 Å². The van der Waals surface area contributed by atoms with Crippen LogP contribution in [0.3, 0.4) is 0 Å². The van der Waals surface area contributed by atoms with Crippen LogP contribution in [0.2, 0.25) is 0 Å². The summed E-state index contributed by atoms with van der Waals surface area (Å²) in [5, 5.41) is 0. The van der Waals surface area contributed by atoms with Gasteiger partial charge in [-0.15, -0.1) is 0 Å². The van der Waals surface area contributed by atoms with Crippen LogP contribution in [-0.4, -0.2) is 11.5 Å². The summed E-state index contributed by atoms with van der Waals surface area (Å²) >= 11 is 0. The first-order valence-electron chi connectivity index (χ1n) is 11.5. The van der Waals surface area contributed by atoms with Gasteiger partial charge < -0.3 is 10.5 Å². The molecule has 0 bridgehead atoms. The highest BCUT2D eigenvalue weighted by molar-refractivity contribution is 5.89. The van der Waals surface area contributed by atoms with Gasteiger partial charge in [0.2, 0.25) is 0 Å². The van der Waals surface area contributed by atoms with Crippen LogP contribution in [0.15, 0.2) is 84.9 Å². The Bertz CT molecular complexity index is 988. The van der Waals surface area contributed by atoms with Crippen molar-refractivity contribution in [3.05, 3.63) is 107 Å². The van der Waals surface area contributed by atoms with Crippen LogP contribution in [0.5, 0.6) is 0 Å². The molecule has 0 saturated carbocycles. The molecular formula is C29H35NO2. The standard InChI is InChI=1S/C29H35NO2/c1-21(2)29(30,22(3)4)19-27(24-13-7-5-8-14-24)26-17-11-12-23(18-26)20-32-28(31)25-15-9-6-10-16-25/h5-18,21-22,27H,19-20,30H2,1-4H3. The zero-order chi connectivity index (χ0) is 23.1. The van der Waals surface area contributed by atoms with Gasteiger partial charge in [0, 0.05) is 11.5 Å². The summed E-state index contributed by atoms with van der Waals surface area (Å²) in [6, 6.07) is 28.0. The van der Waals surface area contributed by atoms with Gasteiger partial charge in [-0.2, -0.15) is 0 Å². The van der Waals surface area contributed by atoms with E-state index in [1.165, 1.54) is 11.1 Å². The van der Waals surface area contributed by atoms with Gasteiger partial charge in [-0.25, -0.2) is 4.79 Å². The van der Waals surface area contributed by atoms with Gasteiger partial charge in [-0.05, 0) is 47.1 Å². The number of nitrogens with two attached hydrogens (primary N) is 1. The highest BCUT2D eigenvalue weighted by Crippen LogP contribution is 2.38. The second-order valence-corrected chi connectivity index (χ2v) is 9.28. The van der Waals surface area contributed by atoms with Crippen LogP contribution in [0.4, 0.5) is 0 Å². The quantitative estimate of drug-likeness (QED) is 0.391. The van der Waals surface area contributed by atoms with Gasteiger partial charge in [0.05, 0.1) is 5.56 Å². The lowest BCUT2D eigenvalue weighted by atomic mass is 9.69. The van der Waals surface area contributed by atoms with Crippen LogP contribution in [-0.2, 0) is 11.3 Å². The third-order valence-corrected chi connectivity index (χ3v) is 6.64. The molecule has 3 aromatic carbocycles. The lowest BCUT2D eigenvalue weighted by molar-refractivity contribution is 0.0472. The van der Waals surface area contributed by atoms with Crippen molar-refractivity contribution in [3.8, 4) is 0 Å². The molecule has 1 atom stereocenters. The van der Waals surface area contributed by atoms with Crippen LogP contribution < -0.4 is 5.73 Å². The first kappa shape index (κ1) is 23.7. The van der Waals surface area contributed by atoms with Gasteiger partial charge in [0.25, 0.3) is 0 Å². The molecule has 0 radical (unpaired) electrons. The highest BCUT2D eigenvalue weighted by atomic mass is 16.5. The van der Waals surface area contributed by atoms with E-state index in [0.717, 1.165) is 12.0 Å². The molecule has 0 aliphatic rings. The lowest BCUT2D eigenvalue weighted by Gasteiger charge is -2.41. The van der Waals surface area contributed by atoms with E-state index in [0.29, 0.717) is 17.4 Å². The van der Waals surface area contributed by atoms with E-state index in [1.54, 1.807) is 12.1 Å². The SMILES string of the molecule is CC(C)C(N)(CC(c1ccccc1)c1cccc(COC(=O)c2ccccc2)c1)C(C)C. The van der Waals surface area contributed by atoms with Crippen molar-refractivity contribution < 1.29 is 9.53 Å². The molecule has 0 aliphatic carbocycles. The van der Waals surface area contributed by atoms with Gasteiger partial charge >= 0.3 is 5.97 Å². The summed E-state index contributed by atoms with van der Waals surface area (Å²) in [5.74, 6) is 0.555. The van der Waals surface area contributed by atoms with Crippen LogP contribution in [0, 0.1) is 11.8 Å². The number of esters is 1. The fraction of sp³-hybridized carbons (Fsp3) is 0.345. The van der Waals surface area contributed by atoms with Gasteiger partial charge in [-0.3, -0.25) is 0 Å². The minimum atomic E-state index is -0.309. The maximum absolute atomic E-state index is 12.4. The zero-order valence-electron chi connectivity index (χ0n) is 19.6. The van der Waals surface area contributed by atoms with Gasteiger partial charge in [-0.1, -0.05) is 100 Å². The molecule has 0 spiro atoms. The van der Waals surface area contributed by atoms with E-state index >= 15 is 0 Å². The maximum atomic E-state index is 12.4. The largest absolute Gasteiger partial charge is 0.457 e. The fourth-order valence-electron chi connectivity index (χ4n) is 4.31. The van der Waals surface area contributed by atoms with Crippen molar-refractivity contribution in [2.24, 2.45) is 17.6 Å². The average Bonchev–Trinajstić information content (AvgIpc) is 2.82. The summed E-state index contributed by atoms with van der Waals surface area (Å²) < 4.78 is 5.57. The van der Waals surface area contributed by atoms with Crippen molar-refractivity contribution >= 4 is 5.97 Å². The van der Waals surface area contributed by atoms with Crippen LogP contribution >= 0.6 is 0 Å².